The first kappa shape index (κ1) is 13.5. The Balaban J connectivity index is 3.08. The topological polar surface area (TPSA) is 110 Å². The van der Waals surface area contributed by atoms with Crippen LogP contribution in [0.25, 0.3) is 0 Å². The van der Waals surface area contributed by atoms with E-state index in [0.717, 1.165) is 4.31 Å². The van der Waals surface area contributed by atoms with Crippen LogP contribution in [0.2, 0.25) is 0 Å². The van der Waals surface area contributed by atoms with Crippen molar-refractivity contribution in [1.29, 1.82) is 0 Å². The Bertz CT molecular complexity index is 502. The lowest BCUT2D eigenvalue weighted by atomic mass is 10.6. The van der Waals surface area contributed by atoms with Gasteiger partial charge in [-0.25, -0.2) is 13.4 Å². The number of likely N-dealkylation sites (N-methyl/N-ethyl adjacent to an activating group) is 2. The maximum absolute atomic E-state index is 12.1. The molecule has 0 saturated carbocycles. The molecule has 0 saturated heterocycles. The second-order valence-electron chi connectivity index (χ2n) is 3.48. The molecule has 3 N–H and O–H groups in total. The Morgan fingerprint density at radius 2 is 2.24 bits per heavy atom. The van der Waals surface area contributed by atoms with E-state index < -0.39 is 15.9 Å². The van der Waals surface area contributed by atoms with Crippen molar-refractivity contribution in [2.75, 3.05) is 26.4 Å². The van der Waals surface area contributed by atoms with E-state index in [4.69, 9.17) is 5.73 Å². The van der Waals surface area contributed by atoms with E-state index in [0.29, 0.717) is 0 Å². The standard InChI is InChI=1S/C8H15N5O3S/c1-10-6(14)4-13(3)17(15,16)8-7(9)11-5-12(8)2/h5H,4,9H2,1-3H3,(H,10,14). The Kier molecular flexibility index (Phi) is 3.73. The first-order valence-electron chi connectivity index (χ1n) is 4.74. The van der Waals surface area contributed by atoms with Crippen LogP contribution in [0.4, 0.5) is 5.82 Å². The van der Waals surface area contributed by atoms with Crippen LogP contribution in [-0.2, 0) is 21.9 Å². The predicted octanol–water partition coefficient (Wildman–Crippen LogP) is -1.63. The summed E-state index contributed by atoms with van der Waals surface area (Å²) in [6.45, 7) is -0.274. The van der Waals surface area contributed by atoms with Crippen LogP contribution in [0.1, 0.15) is 0 Å². The lowest BCUT2D eigenvalue weighted by Gasteiger charge is -2.16. The van der Waals surface area contributed by atoms with Crippen molar-refractivity contribution in [3.63, 3.8) is 0 Å². The third-order valence-corrected chi connectivity index (χ3v) is 4.14. The summed E-state index contributed by atoms with van der Waals surface area (Å²) in [6, 6.07) is 0. The second kappa shape index (κ2) is 4.72. The molecule has 0 fully saturated rings. The number of rotatable bonds is 4. The van der Waals surface area contributed by atoms with Crippen LogP contribution in [-0.4, -0.2) is 48.8 Å². The van der Waals surface area contributed by atoms with Crippen LogP contribution in [0, 0.1) is 0 Å². The molecule has 1 amide bonds. The van der Waals surface area contributed by atoms with E-state index in [1.54, 1.807) is 0 Å². The Labute approximate surface area is 99.5 Å². The van der Waals surface area contributed by atoms with Gasteiger partial charge in [-0.2, -0.15) is 4.31 Å². The van der Waals surface area contributed by atoms with Crippen LogP contribution in [0.15, 0.2) is 11.4 Å². The average molecular weight is 261 g/mol. The van der Waals surface area contributed by atoms with Gasteiger partial charge in [0.15, 0.2) is 10.8 Å². The van der Waals surface area contributed by atoms with Crippen molar-refractivity contribution < 1.29 is 13.2 Å². The van der Waals surface area contributed by atoms with E-state index in [1.807, 2.05) is 0 Å². The summed E-state index contributed by atoms with van der Waals surface area (Å²) in [5, 5.41) is 2.22. The molecule has 96 valence electrons. The van der Waals surface area contributed by atoms with Crippen molar-refractivity contribution in [3.8, 4) is 0 Å². The molecule has 0 atom stereocenters. The molecule has 17 heavy (non-hydrogen) atoms. The molecule has 1 heterocycles. The maximum Gasteiger partial charge on any atom is 0.262 e. The van der Waals surface area contributed by atoms with Gasteiger partial charge in [-0.05, 0) is 0 Å². The van der Waals surface area contributed by atoms with Gasteiger partial charge < -0.3 is 15.6 Å². The Morgan fingerprint density at radius 1 is 1.65 bits per heavy atom. The van der Waals surface area contributed by atoms with E-state index in [2.05, 4.69) is 10.3 Å². The number of nitrogens with zero attached hydrogens (tertiary/aromatic N) is 3. The number of hydrogen-bond acceptors (Lipinski definition) is 5. The number of nitrogen functional groups attached to an aromatic ring is 1. The zero-order valence-corrected chi connectivity index (χ0v) is 10.7. The molecule has 0 radical (unpaired) electrons. The molecular weight excluding hydrogens is 246 g/mol. The van der Waals surface area contributed by atoms with Gasteiger partial charge in [-0.15, -0.1) is 0 Å². The summed E-state index contributed by atoms with van der Waals surface area (Å²) < 4.78 is 26.4. The van der Waals surface area contributed by atoms with Gasteiger partial charge in [0.25, 0.3) is 10.0 Å². The fourth-order valence-corrected chi connectivity index (χ4v) is 2.58. The van der Waals surface area contributed by atoms with Crippen molar-refractivity contribution in [2.45, 2.75) is 5.03 Å². The van der Waals surface area contributed by atoms with Crippen LogP contribution in [0.3, 0.4) is 0 Å². The Morgan fingerprint density at radius 3 is 2.65 bits per heavy atom. The van der Waals surface area contributed by atoms with Crippen LogP contribution in [0.5, 0.6) is 0 Å². The fourth-order valence-electron chi connectivity index (χ4n) is 1.27. The minimum atomic E-state index is -3.81. The van der Waals surface area contributed by atoms with Crippen LogP contribution < -0.4 is 11.1 Å². The van der Waals surface area contributed by atoms with Gasteiger partial charge in [0.05, 0.1) is 12.9 Å². The van der Waals surface area contributed by atoms with Gasteiger partial charge in [-0.1, -0.05) is 0 Å². The van der Waals surface area contributed by atoms with Crippen molar-refractivity contribution in [1.82, 2.24) is 19.2 Å². The minimum absolute atomic E-state index is 0.0868. The van der Waals surface area contributed by atoms with Gasteiger partial charge in [0.1, 0.15) is 0 Å². The molecule has 0 aliphatic carbocycles. The highest BCUT2D eigenvalue weighted by Gasteiger charge is 2.28. The minimum Gasteiger partial charge on any atom is -0.381 e. The monoisotopic (exact) mass is 261 g/mol. The third-order valence-electron chi connectivity index (χ3n) is 2.21. The number of nitrogens with one attached hydrogen (secondary N) is 1. The molecule has 9 heteroatoms. The molecule has 0 spiro atoms. The quantitative estimate of drug-likeness (QED) is 0.676. The van der Waals surface area contributed by atoms with Gasteiger partial charge in [-0.3, -0.25) is 4.79 Å². The largest absolute Gasteiger partial charge is 0.381 e. The smallest absolute Gasteiger partial charge is 0.262 e. The predicted molar refractivity (Wildman–Crippen MR) is 61.5 cm³/mol. The second-order valence-corrected chi connectivity index (χ2v) is 5.44. The first-order valence-corrected chi connectivity index (χ1v) is 6.18. The highest BCUT2D eigenvalue weighted by Crippen LogP contribution is 2.18. The lowest BCUT2D eigenvalue weighted by molar-refractivity contribution is -0.120. The zero-order chi connectivity index (χ0) is 13.2. The molecule has 1 aromatic rings. The van der Waals surface area contributed by atoms with Gasteiger partial charge in [0.2, 0.25) is 5.91 Å². The molecule has 1 aromatic heterocycles. The molecule has 8 nitrogen and oxygen atoms in total. The number of anilines is 1. The summed E-state index contributed by atoms with van der Waals surface area (Å²) in [5.74, 6) is -0.493. The van der Waals surface area contributed by atoms with Gasteiger partial charge in [0, 0.05) is 21.1 Å². The highest BCUT2D eigenvalue weighted by atomic mass is 32.2. The van der Waals surface area contributed by atoms with E-state index in [9.17, 15) is 13.2 Å². The number of aryl methyl sites for hydroxylation is 1. The van der Waals surface area contributed by atoms with E-state index in [-0.39, 0.29) is 17.4 Å². The molecular formula is C8H15N5O3S. The number of hydrogen-bond donors (Lipinski definition) is 2. The van der Waals surface area contributed by atoms with E-state index in [1.165, 1.54) is 32.0 Å². The molecule has 0 aliphatic rings. The average Bonchev–Trinajstić information content (AvgIpc) is 2.58. The van der Waals surface area contributed by atoms with Gasteiger partial charge >= 0.3 is 0 Å². The number of aromatic nitrogens is 2. The van der Waals surface area contributed by atoms with Crippen LogP contribution >= 0.6 is 0 Å². The third kappa shape index (κ3) is 2.56. The molecule has 0 unspecified atom stereocenters. The highest BCUT2D eigenvalue weighted by molar-refractivity contribution is 7.89. The first-order chi connectivity index (χ1) is 7.80. The fraction of sp³-hybridized carbons (Fsp3) is 0.500. The lowest BCUT2D eigenvalue weighted by Crippen LogP contribution is -2.37. The SMILES string of the molecule is CNC(=O)CN(C)S(=O)(=O)c1c(N)ncn1C. The molecule has 1 rings (SSSR count). The molecule has 0 aromatic carbocycles. The number of amides is 1. The van der Waals surface area contributed by atoms with Crippen molar-refractivity contribution >= 4 is 21.7 Å². The maximum atomic E-state index is 12.1. The number of carbonyl (C=O) groups is 1. The summed E-state index contributed by atoms with van der Waals surface area (Å²) in [5.41, 5.74) is 5.49. The Hall–Kier alpha value is -1.61. The van der Waals surface area contributed by atoms with E-state index >= 15 is 0 Å². The number of nitrogens with two attached hydrogens (primary N) is 1. The number of imidazole rings is 1. The van der Waals surface area contributed by atoms with Crippen molar-refractivity contribution in [2.24, 2.45) is 7.05 Å². The molecule has 0 bridgehead atoms. The molecule has 0 aliphatic heterocycles. The summed E-state index contributed by atoms with van der Waals surface area (Å²) in [6.07, 6.45) is 1.30. The number of carbonyl (C=O) groups excluding carboxylic acids is 1. The zero-order valence-electron chi connectivity index (χ0n) is 9.84. The number of sulfonamides is 1. The van der Waals surface area contributed by atoms with Crippen molar-refractivity contribution in [3.05, 3.63) is 6.33 Å². The summed E-state index contributed by atoms with van der Waals surface area (Å²) in [4.78, 5) is 14.8. The summed E-state index contributed by atoms with van der Waals surface area (Å²) in [7, 11) is 0.438. The summed E-state index contributed by atoms with van der Waals surface area (Å²) >= 11 is 0. The normalized spacial score (nSPS) is 11.8.